The van der Waals surface area contributed by atoms with Crippen molar-refractivity contribution in [2.24, 2.45) is 5.92 Å². The van der Waals surface area contributed by atoms with Crippen LogP contribution in [0.25, 0.3) is 0 Å². The lowest BCUT2D eigenvalue weighted by atomic mass is 9.96. The van der Waals surface area contributed by atoms with E-state index in [1.54, 1.807) is 0 Å². The van der Waals surface area contributed by atoms with Gasteiger partial charge >= 0.3 is 5.97 Å². The molecule has 0 aromatic heterocycles. The van der Waals surface area contributed by atoms with Crippen molar-refractivity contribution in [2.75, 3.05) is 33.4 Å². The van der Waals surface area contributed by atoms with E-state index in [-0.39, 0.29) is 11.9 Å². The number of ether oxygens (including phenoxy) is 2. The maximum absolute atomic E-state index is 11.6. The third kappa shape index (κ3) is 3.04. The molecule has 2 fully saturated rings. The van der Waals surface area contributed by atoms with Gasteiger partial charge in [0.1, 0.15) is 11.7 Å². The van der Waals surface area contributed by atoms with E-state index < -0.39 is 11.9 Å². The molecule has 0 N–H and O–H groups in total. The van der Waals surface area contributed by atoms with Crippen LogP contribution < -0.4 is 0 Å². The van der Waals surface area contributed by atoms with Crippen LogP contribution in [0.3, 0.4) is 0 Å². The first-order valence-electron chi connectivity index (χ1n) is 6.15. The lowest BCUT2D eigenvalue weighted by Crippen LogP contribution is -2.47. The number of nitrogens with zero attached hydrogens (tertiary/aromatic N) is 1. The summed E-state index contributed by atoms with van der Waals surface area (Å²) in [6.07, 6.45) is 2.89. The molecule has 17 heavy (non-hydrogen) atoms. The highest BCUT2D eigenvalue weighted by Gasteiger charge is 2.34. The SMILES string of the molecule is COC(=O)C1CN(CC2CCCO2)CCC1=O. The molecule has 0 aliphatic carbocycles. The van der Waals surface area contributed by atoms with Crippen LogP contribution in [0, 0.1) is 5.92 Å². The maximum atomic E-state index is 11.6. The number of likely N-dealkylation sites (tertiary alicyclic amines) is 1. The molecule has 0 bridgehead atoms. The Labute approximate surface area is 101 Å². The summed E-state index contributed by atoms with van der Waals surface area (Å²) in [7, 11) is 1.33. The molecule has 2 aliphatic heterocycles. The number of methoxy groups -OCH3 is 1. The highest BCUT2D eigenvalue weighted by Crippen LogP contribution is 2.18. The summed E-state index contributed by atoms with van der Waals surface area (Å²) >= 11 is 0. The molecule has 0 aromatic rings. The van der Waals surface area contributed by atoms with Gasteiger partial charge in [-0.3, -0.25) is 14.5 Å². The first kappa shape index (κ1) is 12.5. The van der Waals surface area contributed by atoms with Crippen LogP contribution in [0.15, 0.2) is 0 Å². The molecule has 0 radical (unpaired) electrons. The van der Waals surface area contributed by atoms with Crippen LogP contribution in [0.4, 0.5) is 0 Å². The molecular weight excluding hydrogens is 222 g/mol. The average Bonchev–Trinajstić information content (AvgIpc) is 2.83. The fraction of sp³-hybridized carbons (Fsp3) is 0.833. The van der Waals surface area contributed by atoms with Crippen molar-refractivity contribution < 1.29 is 19.1 Å². The first-order chi connectivity index (χ1) is 8.20. The van der Waals surface area contributed by atoms with Gasteiger partial charge in [0.2, 0.25) is 0 Å². The topological polar surface area (TPSA) is 55.8 Å². The predicted molar refractivity (Wildman–Crippen MR) is 60.5 cm³/mol. The normalized spacial score (nSPS) is 30.5. The molecule has 96 valence electrons. The van der Waals surface area contributed by atoms with Gasteiger partial charge < -0.3 is 9.47 Å². The van der Waals surface area contributed by atoms with Crippen molar-refractivity contribution in [1.29, 1.82) is 0 Å². The molecule has 2 rings (SSSR count). The zero-order valence-corrected chi connectivity index (χ0v) is 10.2. The third-order valence-electron chi connectivity index (χ3n) is 3.48. The molecule has 2 unspecified atom stereocenters. The highest BCUT2D eigenvalue weighted by molar-refractivity contribution is 5.99. The Morgan fingerprint density at radius 2 is 2.41 bits per heavy atom. The van der Waals surface area contributed by atoms with E-state index in [0.717, 1.165) is 32.5 Å². The fourth-order valence-corrected chi connectivity index (χ4v) is 2.48. The fourth-order valence-electron chi connectivity index (χ4n) is 2.48. The molecule has 2 atom stereocenters. The number of piperidine rings is 1. The van der Waals surface area contributed by atoms with Gasteiger partial charge in [-0.1, -0.05) is 0 Å². The largest absolute Gasteiger partial charge is 0.468 e. The summed E-state index contributed by atoms with van der Waals surface area (Å²) in [5, 5.41) is 0. The smallest absolute Gasteiger partial charge is 0.317 e. The van der Waals surface area contributed by atoms with Crippen LogP contribution in [0.2, 0.25) is 0 Å². The van der Waals surface area contributed by atoms with Crippen molar-refractivity contribution >= 4 is 11.8 Å². The van der Waals surface area contributed by atoms with E-state index in [0.29, 0.717) is 13.0 Å². The Morgan fingerprint density at radius 1 is 1.59 bits per heavy atom. The summed E-state index contributed by atoms with van der Waals surface area (Å²) in [5.41, 5.74) is 0. The van der Waals surface area contributed by atoms with E-state index in [1.807, 2.05) is 0 Å². The van der Waals surface area contributed by atoms with Crippen LogP contribution in [-0.2, 0) is 19.1 Å². The summed E-state index contributed by atoms with van der Waals surface area (Å²) in [6.45, 7) is 2.86. The van der Waals surface area contributed by atoms with Crippen molar-refractivity contribution in [3.63, 3.8) is 0 Å². The van der Waals surface area contributed by atoms with E-state index in [9.17, 15) is 9.59 Å². The predicted octanol–water partition coefficient (Wildman–Crippen LogP) is 0.229. The zero-order chi connectivity index (χ0) is 12.3. The van der Waals surface area contributed by atoms with Gasteiger partial charge in [-0.05, 0) is 12.8 Å². The summed E-state index contributed by atoms with van der Waals surface area (Å²) in [4.78, 5) is 25.2. The average molecular weight is 241 g/mol. The lowest BCUT2D eigenvalue weighted by molar-refractivity contribution is -0.152. The number of hydrogen-bond donors (Lipinski definition) is 0. The first-order valence-corrected chi connectivity index (χ1v) is 6.15. The second-order valence-corrected chi connectivity index (χ2v) is 4.69. The highest BCUT2D eigenvalue weighted by atomic mass is 16.5. The van der Waals surface area contributed by atoms with E-state index in [1.165, 1.54) is 7.11 Å². The van der Waals surface area contributed by atoms with Gasteiger partial charge in [0.25, 0.3) is 0 Å². The van der Waals surface area contributed by atoms with Crippen molar-refractivity contribution in [3.8, 4) is 0 Å². The van der Waals surface area contributed by atoms with E-state index in [2.05, 4.69) is 9.64 Å². The quantitative estimate of drug-likeness (QED) is 0.523. The Bertz CT molecular complexity index is 291. The Balaban J connectivity index is 1.88. The number of carbonyl (C=O) groups excluding carboxylic acids is 2. The van der Waals surface area contributed by atoms with Crippen LogP contribution in [0.5, 0.6) is 0 Å². The van der Waals surface area contributed by atoms with Crippen LogP contribution in [0.1, 0.15) is 19.3 Å². The van der Waals surface area contributed by atoms with Crippen molar-refractivity contribution in [3.05, 3.63) is 0 Å². The van der Waals surface area contributed by atoms with Gasteiger partial charge in [0.15, 0.2) is 0 Å². The molecule has 2 saturated heterocycles. The monoisotopic (exact) mass is 241 g/mol. The van der Waals surface area contributed by atoms with Gasteiger partial charge in [0.05, 0.1) is 13.2 Å². The van der Waals surface area contributed by atoms with Crippen molar-refractivity contribution in [1.82, 2.24) is 4.90 Å². The molecule has 0 amide bonds. The second-order valence-electron chi connectivity index (χ2n) is 4.69. The number of esters is 1. The minimum atomic E-state index is -0.602. The number of rotatable bonds is 3. The molecule has 5 heteroatoms. The lowest BCUT2D eigenvalue weighted by Gasteiger charge is -2.31. The number of hydrogen-bond acceptors (Lipinski definition) is 5. The van der Waals surface area contributed by atoms with Crippen LogP contribution >= 0.6 is 0 Å². The zero-order valence-electron chi connectivity index (χ0n) is 10.2. The maximum Gasteiger partial charge on any atom is 0.317 e. The van der Waals surface area contributed by atoms with Gasteiger partial charge in [-0.25, -0.2) is 0 Å². The minimum Gasteiger partial charge on any atom is -0.468 e. The number of Topliss-reactive ketones (excluding diaryl/α,β-unsaturated/α-hetero) is 1. The third-order valence-corrected chi connectivity index (χ3v) is 3.48. The summed E-state index contributed by atoms with van der Waals surface area (Å²) < 4.78 is 10.2. The van der Waals surface area contributed by atoms with Gasteiger partial charge in [0, 0.05) is 32.7 Å². The van der Waals surface area contributed by atoms with Gasteiger partial charge in [-0.2, -0.15) is 0 Å². The summed E-state index contributed by atoms with van der Waals surface area (Å²) in [5.74, 6) is -1.01. The minimum absolute atomic E-state index is 0.000408. The number of carbonyl (C=O) groups is 2. The standard InChI is InChI=1S/C12H19NO4/c1-16-12(15)10-8-13(5-4-11(10)14)7-9-3-2-6-17-9/h9-10H,2-8H2,1H3. The van der Waals surface area contributed by atoms with E-state index in [4.69, 9.17) is 4.74 Å². The van der Waals surface area contributed by atoms with Crippen molar-refractivity contribution in [2.45, 2.75) is 25.4 Å². The molecule has 5 nitrogen and oxygen atoms in total. The van der Waals surface area contributed by atoms with Gasteiger partial charge in [-0.15, -0.1) is 0 Å². The molecule has 2 heterocycles. The number of ketones is 1. The Morgan fingerprint density at radius 3 is 3.06 bits per heavy atom. The second kappa shape index (κ2) is 5.60. The molecule has 2 aliphatic rings. The molecule has 0 spiro atoms. The molecular formula is C12H19NO4. The van der Waals surface area contributed by atoms with E-state index >= 15 is 0 Å². The molecule has 0 saturated carbocycles. The van der Waals surface area contributed by atoms with Crippen LogP contribution in [-0.4, -0.2) is 56.1 Å². The molecule has 0 aromatic carbocycles. The Hall–Kier alpha value is -0.940. The summed E-state index contributed by atoms with van der Waals surface area (Å²) in [6, 6.07) is 0. The Kier molecular flexibility index (Phi) is 4.12.